The van der Waals surface area contributed by atoms with E-state index < -0.39 is 0 Å². The van der Waals surface area contributed by atoms with Crippen molar-refractivity contribution in [2.45, 2.75) is 65.2 Å². The first kappa shape index (κ1) is 25.7. The van der Waals surface area contributed by atoms with E-state index in [0.717, 1.165) is 75.6 Å². The fourth-order valence-corrected chi connectivity index (χ4v) is 3.85. The molecule has 0 saturated carbocycles. The molecule has 3 rings (SSSR count). The van der Waals surface area contributed by atoms with E-state index in [1.807, 2.05) is 0 Å². The van der Waals surface area contributed by atoms with Gasteiger partial charge in [0.05, 0.1) is 19.8 Å². The standard InChI is InChI=1S/C31H40O3/c1-4-7-22-32-28-16-10-25(11-17-28)31(26-12-18-29(19-13-26)33-23-8-5-2)27-14-20-30(21-15-27)34-24-9-6-3/h10-21,31H,4-9,22-24H2,1-3H3. The van der Waals surface area contributed by atoms with Gasteiger partial charge in [0.25, 0.3) is 0 Å². The van der Waals surface area contributed by atoms with E-state index in [4.69, 9.17) is 14.2 Å². The van der Waals surface area contributed by atoms with Crippen LogP contribution in [0.25, 0.3) is 0 Å². The molecule has 0 aliphatic carbocycles. The van der Waals surface area contributed by atoms with Gasteiger partial charge in [0, 0.05) is 5.92 Å². The quantitative estimate of drug-likeness (QED) is 0.168. The summed E-state index contributed by atoms with van der Waals surface area (Å²) in [5.41, 5.74) is 3.71. The van der Waals surface area contributed by atoms with E-state index in [1.54, 1.807) is 0 Å². The van der Waals surface area contributed by atoms with Crippen molar-refractivity contribution in [2.75, 3.05) is 19.8 Å². The predicted molar refractivity (Wildman–Crippen MR) is 141 cm³/mol. The van der Waals surface area contributed by atoms with Crippen molar-refractivity contribution in [2.24, 2.45) is 0 Å². The van der Waals surface area contributed by atoms with E-state index in [9.17, 15) is 0 Å². The van der Waals surface area contributed by atoms with Gasteiger partial charge >= 0.3 is 0 Å². The van der Waals surface area contributed by atoms with Gasteiger partial charge < -0.3 is 14.2 Å². The molecule has 0 N–H and O–H groups in total. The molecule has 3 nitrogen and oxygen atoms in total. The normalized spacial score (nSPS) is 10.9. The minimum Gasteiger partial charge on any atom is -0.494 e. The zero-order valence-corrected chi connectivity index (χ0v) is 21.1. The lowest BCUT2D eigenvalue weighted by atomic mass is 9.85. The van der Waals surface area contributed by atoms with Crippen molar-refractivity contribution in [1.29, 1.82) is 0 Å². The zero-order chi connectivity index (χ0) is 24.0. The molecule has 3 aromatic carbocycles. The van der Waals surface area contributed by atoms with Crippen LogP contribution in [0.3, 0.4) is 0 Å². The van der Waals surface area contributed by atoms with Crippen LogP contribution in [0.1, 0.15) is 81.9 Å². The predicted octanol–water partition coefficient (Wildman–Crippen LogP) is 8.40. The van der Waals surface area contributed by atoms with E-state index in [-0.39, 0.29) is 5.92 Å². The van der Waals surface area contributed by atoms with Crippen LogP contribution in [-0.2, 0) is 0 Å². The summed E-state index contributed by atoms with van der Waals surface area (Å²) < 4.78 is 17.7. The monoisotopic (exact) mass is 460 g/mol. The minimum atomic E-state index is 0.124. The largest absolute Gasteiger partial charge is 0.494 e. The van der Waals surface area contributed by atoms with Crippen LogP contribution < -0.4 is 14.2 Å². The molecule has 0 atom stereocenters. The lowest BCUT2D eigenvalue weighted by Gasteiger charge is -2.20. The highest BCUT2D eigenvalue weighted by Gasteiger charge is 2.17. The van der Waals surface area contributed by atoms with Crippen molar-refractivity contribution in [3.63, 3.8) is 0 Å². The Morgan fingerprint density at radius 2 is 0.706 bits per heavy atom. The molecule has 34 heavy (non-hydrogen) atoms. The number of rotatable bonds is 15. The summed E-state index contributed by atoms with van der Waals surface area (Å²) in [7, 11) is 0. The van der Waals surface area contributed by atoms with Crippen LogP contribution in [0, 0.1) is 0 Å². The molecule has 3 heteroatoms. The van der Waals surface area contributed by atoms with Crippen molar-refractivity contribution < 1.29 is 14.2 Å². The van der Waals surface area contributed by atoms with E-state index in [1.165, 1.54) is 16.7 Å². The zero-order valence-electron chi connectivity index (χ0n) is 21.1. The van der Waals surface area contributed by atoms with Gasteiger partial charge in [0.1, 0.15) is 17.2 Å². The molecule has 0 aromatic heterocycles. The number of hydrogen-bond donors (Lipinski definition) is 0. The van der Waals surface area contributed by atoms with E-state index in [0.29, 0.717) is 0 Å². The molecular weight excluding hydrogens is 420 g/mol. The highest BCUT2D eigenvalue weighted by molar-refractivity contribution is 5.46. The van der Waals surface area contributed by atoms with Gasteiger partial charge in [-0.3, -0.25) is 0 Å². The van der Waals surface area contributed by atoms with Crippen LogP contribution in [0.15, 0.2) is 72.8 Å². The average molecular weight is 461 g/mol. The number of hydrogen-bond acceptors (Lipinski definition) is 3. The Hall–Kier alpha value is -2.94. The van der Waals surface area contributed by atoms with Crippen LogP contribution in [0.5, 0.6) is 17.2 Å². The van der Waals surface area contributed by atoms with Gasteiger partial charge in [0.15, 0.2) is 0 Å². The summed E-state index contributed by atoms with van der Waals surface area (Å²) in [4.78, 5) is 0. The lowest BCUT2D eigenvalue weighted by molar-refractivity contribution is 0.309. The maximum atomic E-state index is 5.88. The van der Waals surface area contributed by atoms with Gasteiger partial charge in [0.2, 0.25) is 0 Å². The molecular formula is C31H40O3. The molecule has 0 spiro atoms. The maximum Gasteiger partial charge on any atom is 0.119 e. The first-order valence-electron chi connectivity index (χ1n) is 12.9. The van der Waals surface area contributed by atoms with Crippen molar-refractivity contribution >= 4 is 0 Å². The Morgan fingerprint density at radius 1 is 0.441 bits per heavy atom. The fraction of sp³-hybridized carbons (Fsp3) is 0.419. The van der Waals surface area contributed by atoms with Crippen LogP contribution in [0.2, 0.25) is 0 Å². The molecule has 182 valence electrons. The summed E-state index contributed by atoms with van der Waals surface area (Å²) in [5, 5.41) is 0. The molecule has 0 saturated heterocycles. The number of ether oxygens (including phenoxy) is 3. The second-order valence-electron chi connectivity index (χ2n) is 8.75. The van der Waals surface area contributed by atoms with Gasteiger partial charge in [-0.05, 0) is 72.4 Å². The molecule has 0 heterocycles. The number of unbranched alkanes of at least 4 members (excludes halogenated alkanes) is 3. The van der Waals surface area contributed by atoms with Crippen molar-refractivity contribution in [1.82, 2.24) is 0 Å². The summed E-state index contributed by atoms with van der Waals surface area (Å²) in [6, 6.07) is 25.6. The molecule has 0 unspecified atom stereocenters. The first-order valence-corrected chi connectivity index (χ1v) is 12.9. The van der Waals surface area contributed by atoms with Gasteiger partial charge in [-0.1, -0.05) is 76.4 Å². The van der Waals surface area contributed by atoms with Gasteiger partial charge in [-0.2, -0.15) is 0 Å². The number of benzene rings is 3. The van der Waals surface area contributed by atoms with E-state index >= 15 is 0 Å². The van der Waals surface area contributed by atoms with Crippen LogP contribution >= 0.6 is 0 Å². The topological polar surface area (TPSA) is 27.7 Å². The molecule has 0 radical (unpaired) electrons. The summed E-state index contributed by atoms with van der Waals surface area (Å²) in [6.45, 7) is 8.82. The Balaban J connectivity index is 1.83. The second kappa shape index (κ2) is 14.3. The summed E-state index contributed by atoms with van der Waals surface area (Å²) in [6.07, 6.45) is 6.63. The smallest absolute Gasteiger partial charge is 0.119 e. The summed E-state index contributed by atoms with van der Waals surface area (Å²) >= 11 is 0. The molecule has 0 amide bonds. The highest BCUT2D eigenvalue weighted by atomic mass is 16.5. The minimum absolute atomic E-state index is 0.124. The second-order valence-corrected chi connectivity index (χ2v) is 8.75. The van der Waals surface area contributed by atoms with Crippen molar-refractivity contribution in [3.8, 4) is 17.2 Å². The first-order chi connectivity index (χ1) is 16.7. The van der Waals surface area contributed by atoms with Gasteiger partial charge in [-0.25, -0.2) is 0 Å². The van der Waals surface area contributed by atoms with Crippen LogP contribution in [0.4, 0.5) is 0 Å². The third kappa shape index (κ3) is 7.83. The van der Waals surface area contributed by atoms with Crippen molar-refractivity contribution in [3.05, 3.63) is 89.5 Å². The van der Waals surface area contributed by atoms with Crippen LogP contribution in [-0.4, -0.2) is 19.8 Å². The molecule has 0 fully saturated rings. The average Bonchev–Trinajstić information content (AvgIpc) is 2.87. The third-order valence-electron chi connectivity index (χ3n) is 5.94. The lowest BCUT2D eigenvalue weighted by Crippen LogP contribution is -2.05. The Kier molecular flexibility index (Phi) is 10.8. The molecule has 0 aliphatic rings. The summed E-state index contributed by atoms with van der Waals surface area (Å²) in [5.74, 6) is 2.90. The molecule has 0 aliphatic heterocycles. The molecule has 3 aromatic rings. The SMILES string of the molecule is CCCCOc1ccc(C(c2ccc(OCCCC)cc2)c2ccc(OCCCC)cc2)cc1. The Morgan fingerprint density at radius 3 is 0.941 bits per heavy atom. The Labute approximate surface area is 206 Å². The maximum absolute atomic E-state index is 5.88. The van der Waals surface area contributed by atoms with E-state index in [2.05, 4.69) is 93.6 Å². The van der Waals surface area contributed by atoms with Gasteiger partial charge in [-0.15, -0.1) is 0 Å². The Bertz CT molecular complexity index is 803. The highest BCUT2D eigenvalue weighted by Crippen LogP contribution is 2.34. The third-order valence-corrected chi connectivity index (χ3v) is 5.94. The molecule has 0 bridgehead atoms. The fourth-order valence-electron chi connectivity index (χ4n) is 3.85.